The normalized spacial score (nSPS) is 14.4. The molecule has 0 amide bonds. The third-order valence-electron chi connectivity index (χ3n) is 17.9. The number of ether oxygens (including phenoxy) is 4. The van der Waals surface area contributed by atoms with E-state index in [1.54, 1.807) is 0 Å². The molecule has 95 heavy (non-hydrogen) atoms. The molecule has 0 heterocycles. The van der Waals surface area contributed by atoms with E-state index in [0.717, 1.165) is 120 Å². The fraction of sp³-hybridized carbons (Fsp3) is 0.947. The van der Waals surface area contributed by atoms with Crippen LogP contribution in [0.2, 0.25) is 0 Å². The maximum atomic E-state index is 13.1. The summed E-state index contributed by atoms with van der Waals surface area (Å²) in [5.74, 6) is 0.898. The third kappa shape index (κ3) is 69.0. The molecule has 0 saturated carbocycles. The molecule has 0 aliphatic carbocycles. The van der Waals surface area contributed by atoms with Crippen molar-refractivity contribution in [2.45, 2.75) is 401 Å². The molecule has 564 valence electrons. The number of hydrogen-bond acceptors (Lipinski definition) is 15. The van der Waals surface area contributed by atoms with E-state index < -0.39 is 97.5 Å². The molecule has 3 N–H and O–H groups in total. The average molecular weight is 1400 g/mol. The number of carbonyl (C=O) groups excluding carboxylic acids is 4. The number of phosphoric acid groups is 2. The summed E-state index contributed by atoms with van der Waals surface area (Å²) in [4.78, 5) is 72.7. The minimum Gasteiger partial charge on any atom is -0.462 e. The molecule has 0 radical (unpaired) electrons. The van der Waals surface area contributed by atoms with Crippen molar-refractivity contribution < 1.29 is 80.2 Å². The zero-order valence-electron chi connectivity index (χ0n) is 62.3. The molecular formula is C76H148O17P2. The van der Waals surface area contributed by atoms with Crippen LogP contribution in [0.1, 0.15) is 383 Å². The van der Waals surface area contributed by atoms with Gasteiger partial charge in [0.05, 0.1) is 26.4 Å². The van der Waals surface area contributed by atoms with Crippen molar-refractivity contribution >= 4 is 39.5 Å². The van der Waals surface area contributed by atoms with E-state index in [1.807, 2.05) is 0 Å². The second kappa shape index (κ2) is 65.4. The predicted molar refractivity (Wildman–Crippen MR) is 386 cm³/mol. The molecule has 0 aromatic carbocycles. The largest absolute Gasteiger partial charge is 0.472 e. The van der Waals surface area contributed by atoms with E-state index in [1.165, 1.54) is 173 Å². The zero-order chi connectivity index (χ0) is 70.3. The first kappa shape index (κ1) is 93.1. The number of unbranched alkanes of at least 4 members (excludes halogenated alkanes) is 38. The summed E-state index contributed by atoms with van der Waals surface area (Å²) in [7, 11) is -9.91. The maximum Gasteiger partial charge on any atom is 0.472 e. The van der Waals surface area contributed by atoms with Crippen molar-refractivity contribution in [1.29, 1.82) is 0 Å². The summed E-state index contributed by atoms with van der Waals surface area (Å²) in [6.45, 7) is 14.1. The number of aliphatic hydroxyl groups is 1. The van der Waals surface area contributed by atoms with Gasteiger partial charge >= 0.3 is 39.5 Å². The van der Waals surface area contributed by atoms with Gasteiger partial charge in [0.1, 0.15) is 19.3 Å². The smallest absolute Gasteiger partial charge is 0.462 e. The number of hydrogen-bond donors (Lipinski definition) is 3. The van der Waals surface area contributed by atoms with E-state index >= 15 is 0 Å². The first-order chi connectivity index (χ1) is 45.6. The molecule has 4 unspecified atom stereocenters. The third-order valence-corrected chi connectivity index (χ3v) is 19.8. The summed E-state index contributed by atoms with van der Waals surface area (Å²) in [6, 6.07) is 0. The van der Waals surface area contributed by atoms with Gasteiger partial charge in [-0.05, 0) is 49.4 Å². The molecule has 0 fully saturated rings. The SMILES string of the molecule is CCC(C)CCCCCCCCC(=O)OC[C@H](COP(=O)(O)OCC(O)COP(=O)(O)OC[C@@H](COC(=O)CCCCCCCCCC(C)C)OC(=O)CCCCCCCCCCCCCC(C)C)OC(=O)CCCCCCCCCCCCCCCCCCCCC(C)C. The molecule has 0 aliphatic heterocycles. The molecule has 0 aromatic rings. The lowest BCUT2D eigenvalue weighted by Gasteiger charge is -2.21. The van der Waals surface area contributed by atoms with E-state index in [2.05, 4.69) is 55.4 Å². The lowest BCUT2D eigenvalue weighted by molar-refractivity contribution is -0.161. The molecule has 0 saturated heterocycles. The van der Waals surface area contributed by atoms with Crippen LogP contribution in [0.3, 0.4) is 0 Å². The number of carbonyl (C=O) groups is 4. The van der Waals surface area contributed by atoms with Crippen LogP contribution in [-0.4, -0.2) is 96.7 Å². The Labute approximate surface area is 581 Å². The average Bonchev–Trinajstić information content (AvgIpc) is 3.62. The number of aliphatic hydroxyl groups excluding tert-OH is 1. The van der Waals surface area contributed by atoms with Crippen molar-refractivity contribution in [3.8, 4) is 0 Å². The standard InChI is InChI=1S/C76H148O17P2/c1-9-69(8)55-47-39-34-35-41-49-57-74(79)87-63-72(93-75(80)58-50-42-31-25-21-17-15-13-11-10-12-14-16-19-23-28-36-44-52-66(2)3)65-91-95(84,85)89-61-70(77)60-88-94(82,83)90-64-71(62-86-73(78)56-48-40-33-27-30-38-46-54-68(6)7)92-76(81)59-51-43-32-26-22-18-20-24-29-37-45-53-67(4)5/h66-72,77H,9-65H2,1-8H3,(H,82,83)(H,84,85)/t69?,70?,71-,72-/m1/s1. The second-order valence-electron chi connectivity index (χ2n) is 29.1. The monoisotopic (exact) mass is 1400 g/mol. The maximum absolute atomic E-state index is 13.1. The van der Waals surface area contributed by atoms with Crippen molar-refractivity contribution in [2.24, 2.45) is 23.7 Å². The van der Waals surface area contributed by atoms with Crippen LogP contribution in [0.4, 0.5) is 0 Å². The van der Waals surface area contributed by atoms with Crippen LogP contribution in [0.15, 0.2) is 0 Å². The fourth-order valence-corrected chi connectivity index (χ4v) is 13.1. The molecule has 6 atom stereocenters. The molecule has 0 bridgehead atoms. The van der Waals surface area contributed by atoms with Crippen molar-refractivity contribution in [2.75, 3.05) is 39.6 Å². The lowest BCUT2D eigenvalue weighted by Crippen LogP contribution is -2.30. The Kier molecular flexibility index (Phi) is 64.0. The van der Waals surface area contributed by atoms with Gasteiger partial charge in [0.2, 0.25) is 0 Å². The van der Waals surface area contributed by atoms with Crippen molar-refractivity contribution in [3.63, 3.8) is 0 Å². The Balaban J connectivity index is 5.18. The quantitative estimate of drug-likeness (QED) is 0.0222. The summed E-state index contributed by atoms with van der Waals surface area (Å²) < 4.78 is 68.5. The van der Waals surface area contributed by atoms with Gasteiger partial charge in [-0.2, -0.15) is 0 Å². The van der Waals surface area contributed by atoms with Crippen LogP contribution in [0, 0.1) is 23.7 Å². The molecule has 0 spiro atoms. The predicted octanol–water partition coefficient (Wildman–Crippen LogP) is 22.0. The van der Waals surface area contributed by atoms with Gasteiger partial charge in [0, 0.05) is 25.7 Å². The van der Waals surface area contributed by atoms with Crippen LogP contribution < -0.4 is 0 Å². The van der Waals surface area contributed by atoms with Crippen LogP contribution in [0.5, 0.6) is 0 Å². The molecule has 0 aromatic heterocycles. The molecule has 0 rings (SSSR count). The highest BCUT2D eigenvalue weighted by atomic mass is 31.2. The number of esters is 4. The Hall–Kier alpha value is -1.94. The van der Waals surface area contributed by atoms with Gasteiger partial charge in [-0.1, -0.05) is 331 Å². The van der Waals surface area contributed by atoms with Gasteiger partial charge in [-0.3, -0.25) is 37.3 Å². The molecule has 17 nitrogen and oxygen atoms in total. The Morgan fingerprint density at radius 2 is 0.505 bits per heavy atom. The molecule has 0 aliphatic rings. The first-order valence-corrected chi connectivity index (χ1v) is 42.2. The minimum atomic E-state index is -4.96. The van der Waals surface area contributed by atoms with Gasteiger partial charge in [-0.15, -0.1) is 0 Å². The van der Waals surface area contributed by atoms with Crippen LogP contribution in [0.25, 0.3) is 0 Å². The van der Waals surface area contributed by atoms with Gasteiger partial charge in [-0.25, -0.2) is 9.13 Å². The summed E-state index contributed by atoms with van der Waals surface area (Å²) >= 11 is 0. The molecular weight excluding hydrogens is 1250 g/mol. The van der Waals surface area contributed by atoms with E-state index in [-0.39, 0.29) is 25.7 Å². The minimum absolute atomic E-state index is 0.105. The number of phosphoric ester groups is 2. The lowest BCUT2D eigenvalue weighted by atomic mass is 10.00. The summed E-state index contributed by atoms with van der Waals surface area (Å²) in [6.07, 6.45) is 50.2. The van der Waals surface area contributed by atoms with Crippen LogP contribution in [-0.2, 0) is 65.4 Å². The van der Waals surface area contributed by atoms with E-state index in [4.69, 9.17) is 37.0 Å². The Morgan fingerprint density at radius 3 is 0.747 bits per heavy atom. The highest BCUT2D eigenvalue weighted by molar-refractivity contribution is 7.47. The van der Waals surface area contributed by atoms with E-state index in [0.29, 0.717) is 31.6 Å². The zero-order valence-corrected chi connectivity index (χ0v) is 64.1. The summed E-state index contributed by atoms with van der Waals surface area (Å²) in [5.41, 5.74) is 0. The topological polar surface area (TPSA) is 237 Å². The highest BCUT2D eigenvalue weighted by Gasteiger charge is 2.30. The first-order valence-electron chi connectivity index (χ1n) is 39.2. The Bertz CT molecular complexity index is 1870. The fourth-order valence-electron chi connectivity index (χ4n) is 11.5. The second-order valence-corrected chi connectivity index (χ2v) is 32.0. The summed E-state index contributed by atoms with van der Waals surface area (Å²) in [5, 5.41) is 10.6. The van der Waals surface area contributed by atoms with Crippen LogP contribution >= 0.6 is 15.6 Å². The van der Waals surface area contributed by atoms with Gasteiger partial charge in [0.25, 0.3) is 0 Å². The molecule has 19 heteroatoms. The highest BCUT2D eigenvalue weighted by Crippen LogP contribution is 2.45. The van der Waals surface area contributed by atoms with Crippen molar-refractivity contribution in [3.05, 3.63) is 0 Å². The van der Waals surface area contributed by atoms with Gasteiger partial charge in [0.15, 0.2) is 12.2 Å². The van der Waals surface area contributed by atoms with E-state index in [9.17, 15) is 43.2 Å². The Morgan fingerprint density at radius 1 is 0.295 bits per heavy atom. The van der Waals surface area contributed by atoms with Gasteiger partial charge < -0.3 is 33.8 Å². The number of rotatable bonds is 73. The van der Waals surface area contributed by atoms with Crippen molar-refractivity contribution in [1.82, 2.24) is 0 Å².